The molecule has 0 saturated heterocycles. The molecular formula is C19H11BrF2N4O2. The van der Waals surface area contributed by atoms with Crippen molar-refractivity contribution in [2.24, 2.45) is 0 Å². The van der Waals surface area contributed by atoms with Gasteiger partial charge in [-0.2, -0.15) is 0 Å². The molecule has 140 valence electrons. The van der Waals surface area contributed by atoms with E-state index in [0.717, 1.165) is 12.1 Å². The minimum Gasteiger partial charge on any atom is -0.457 e. The third kappa shape index (κ3) is 3.56. The molecule has 0 aliphatic rings. The molecule has 0 fully saturated rings. The normalized spacial score (nSPS) is 10.8. The van der Waals surface area contributed by atoms with Gasteiger partial charge in [-0.3, -0.25) is 4.79 Å². The minimum absolute atomic E-state index is 0.179. The second kappa shape index (κ2) is 7.35. The summed E-state index contributed by atoms with van der Waals surface area (Å²) >= 11 is 3.35. The van der Waals surface area contributed by atoms with Crippen LogP contribution in [0.25, 0.3) is 10.9 Å². The number of fused-ring (bicyclic) bond motifs is 1. The third-order valence-electron chi connectivity index (χ3n) is 3.87. The molecule has 0 amide bonds. The molecule has 0 radical (unpaired) electrons. The summed E-state index contributed by atoms with van der Waals surface area (Å²) in [6, 6.07) is 10.0. The van der Waals surface area contributed by atoms with Gasteiger partial charge in [0.1, 0.15) is 29.0 Å². The van der Waals surface area contributed by atoms with Crippen molar-refractivity contribution in [3.8, 4) is 11.5 Å². The summed E-state index contributed by atoms with van der Waals surface area (Å²) in [5, 5.41) is 3.38. The Balaban J connectivity index is 1.59. The smallest absolute Gasteiger partial charge is 0.261 e. The number of benzene rings is 2. The Labute approximate surface area is 165 Å². The van der Waals surface area contributed by atoms with E-state index < -0.39 is 11.6 Å². The number of aromatic amines is 1. The quantitative estimate of drug-likeness (QED) is 0.468. The topological polar surface area (TPSA) is 79.9 Å². The van der Waals surface area contributed by atoms with Gasteiger partial charge in [0.25, 0.3) is 5.56 Å². The van der Waals surface area contributed by atoms with Crippen molar-refractivity contribution in [2.45, 2.75) is 0 Å². The first-order chi connectivity index (χ1) is 13.5. The first-order valence-corrected chi connectivity index (χ1v) is 8.82. The van der Waals surface area contributed by atoms with Crippen LogP contribution in [0.5, 0.6) is 11.5 Å². The van der Waals surface area contributed by atoms with E-state index in [4.69, 9.17) is 4.74 Å². The summed E-state index contributed by atoms with van der Waals surface area (Å²) in [5.74, 6) is -0.960. The van der Waals surface area contributed by atoms with E-state index in [9.17, 15) is 13.6 Å². The van der Waals surface area contributed by atoms with Crippen LogP contribution in [-0.4, -0.2) is 15.0 Å². The lowest BCUT2D eigenvalue weighted by atomic mass is 10.2. The predicted octanol–water partition coefficient (Wildman–Crippen LogP) is 4.89. The molecule has 2 aromatic heterocycles. The third-order valence-corrected chi connectivity index (χ3v) is 4.48. The zero-order chi connectivity index (χ0) is 19.7. The highest BCUT2D eigenvalue weighted by molar-refractivity contribution is 9.10. The number of rotatable bonds is 4. The fourth-order valence-electron chi connectivity index (χ4n) is 2.57. The van der Waals surface area contributed by atoms with Crippen LogP contribution in [0.3, 0.4) is 0 Å². The van der Waals surface area contributed by atoms with Crippen molar-refractivity contribution in [3.05, 3.63) is 81.4 Å². The molecule has 0 unspecified atom stereocenters. The van der Waals surface area contributed by atoms with E-state index in [1.165, 1.54) is 18.6 Å². The lowest BCUT2D eigenvalue weighted by Crippen LogP contribution is -2.10. The largest absolute Gasteiger partial charge is 0.457 e. The Bertz CT molecular complexity index is 1230. The molecular weight excluding hydrogens is 434 g/mol. The van der Waals surface area contributed by atoms with Crippen LogP contribution in [0.15, 0.2) is 64.3 Å². The van der Waals surface area contributed by atoms with Crippen LogP contribution in [0, 0.1) is 11.6 Å². The van der Waals surface area contributed by atoms with Crippen LogP contribution in [0.1, 0.15) is 0 Å². The SMILES string of the molecule is O=c1[nH]cc(Br)c2ncnc(Nc3ccc(Oc4ccc(F)c(F)c4)cc3)c12. The first kappa shape index (κ1) is 18.1. The van der Waals surface area contributed by atoms with Gasteiger partial charge in [-0.1, -0.05) is 0 Å². The molecule has 0 bridgehead atoms. The van der Waals surface area contributed by atoms with Crippen LogP contribution in [0.4, 0.5) is 20.3 Å². The molecule has 2 N–H and O–H groups in total. The van der Waals surface area contributed by atoms with Crippen molar-refractivity contribution in [3.63, 3.8) is 0 Å². The maximum atomic E-state index is 13.3. The Hall–Kier alpha value is -3.33. The molecule has 0 aliphatic carbocycles. The number of hydrogen-bond acceptors (Lipinski definition) is 5. The van der Waals surface area contributed by atoms with Gasteiger partial charge in [0.2, 0.25) is 0 Å². The van der Waals surface area contributed by atoms with Gasteiger partial charge in [-0.05, 0) is 52.3 Å². The monoisotopic (exact) mass is 444 g/mol. The number of hydrogen-bond donors (Lipinski definition) is 2. The Morgan fingerprint density at radius 1 is 1.00 bits per heavy atom. The molecule has 2 heterocycles. The van der Waals surface area contributed by atoms with Gasteiger partial charge in [-0.15, -0.1) is 0 Å². The standard InChI is InChI=1S/C19H11BrF2N4O2/c20-13-8-23-19(27)16-17(13)24-9-25-18(16)26-10-1-3-11(4-2-10)28-12-5-6-14(21)15(22)7-12/h1-9H,(H,23,27)(H,24,25,26). The Morgan fingerprint density at radius 2 is 1.75 bits per heavy atom. The van der Waals surface area contributed by atoms with Gasteiger partial charge >= 0.3 is 0 Å². The van der Waals surface area contributed by atoms with Crippen molar-refractivity contribution >= 4 is 38.3 Å². The van der Waals surface area contributed by atoms with Crippen LogP contribution in [0.2, 0.25) is 0 Å². The zero-order valence-electron chi connectivity index (χ0n) is 14.0. The van der Waals surface area contributed by atoms with E-state index in [2.05, 4.69) is 36.2 Å². The molecule has 4 aromatic rings. The average Bonchev–Trinajstić information content (AvgIpc) is 2.69. The second-order valence-corrected chi connectivity index (χ2v) is 6.59. The van der Waals surface area contributed by atoms with Crippen molar-refractivity contribution in [1.29, 1.82) is 0 Å². The van der Waals surface area contributed by atoms with Crippen LogP contribution in [-0.2, 0) is 0 Å². The van der Waals surface area contributed by atoms with Crippen LogP contribution >= 0.6 is 15.9 Å². The highest BCUT2D eigenvalue weighted by Crippen LogP contribution is 2.27. The molecule has 2 aromatic carbocycles. The number of halogens is 3. The van der Waals surface area contributed by atoms with E-state index in [0.29, 0.717) is 32.6 Å². The summed E-state index contributed by atoms with van der Waals surface area (Å²) in [7, 11) is 0. The molecule has 9 heteroatoms. The lowest BCUT2D eigenvalue weighted by molar-refractivity contribution is 0.461. The molecule has 0 saturated carbocycles. The fourth-order valence-corrected chi connectivity index (χ4v) is 2.98. The number of aromatic nitrogens is 3. The predicted molar refractivity (Wildman–Crippen MR) is 104 cm³/mol. The van der Waals surface area contributed by atoms with Gasteiger partial charge in [0.15, 0.2) is 11.6 Å². The van der Waals surface area contributed by atoms with Crippen LogP contribution < -0.4 is 15.6 Å². The second-order valence-electron chi connectivity index (χ2n) is 5.74. The van der Waals surface area contributed by atoms with Gasteiger partial charge in [0.05, 0.1) is 9.99 Å². The lowest BCUT2D eigenvalue weighted by Gasteiger charge is -2.10. The molecule has 4 rings (SSSR count). The highest BCUT2D eigenvalue weighted by atomic mass is 79.9. The van der Waals surface area contributed by atoms with Gasteiger partial charge in [0, 0.05) is 18.0 Å². The molecule has 0 aliphatic heterocycles. The molecule has 0 spiro atoms. The summed E-state index contributed by atoms with van der Waals surface area (Å²) in [6.07, 6.45) is 2.88. The average molecular weight is 445 g/mol. The Morgan fingerprint density at radius 3 is 2.50 bits per heavy atom. The van der Waals surface area contributed by atoms with Gasteiger partial charge < -0.3 is 15.0 Å². The molecule has 0 atom stereocenters. The first-order valence-electron chi connectivity index (χ1n) is 8.03. The summed E-state index contributed by atoms with van der Waals surface area (Å²) in [6.45, 7) is 0. The Kier molecular flexibility index (Phi) is 4.74. The van der Waals surface area contributed by atoms with Gasteiger partial charge in [-0.25, -0.2) is 18.7 Å². The number of ether oxygens (including phenoxy) is 1. The highest BCUT2D eigenvalue weighted by Gasteiger charge is 2.11. The van der Waals surface area contributed by atoms with Crippen molar-refractivity contribution < 1.29 is 13.5 Å². The van der Waals surface area contributed by atoms with E-state index >= 15 is 0 Å². The molecule has 28 heavy (non-hydrogen) atoms. The summed E-state index contributed by atoms with van der Waals surface area (Å²) < 4.78 is 32.4. The number of pyridine rings is 1. The minimum atomic E-state index is -0.984. The number of nitrogens with one attached hydrogen (secondary N) is 2. The van der Waals surface area contributed by atoms with Crippen molar-refractivity contribution in [1.82, 2.24) is 15.0 Å². The van der Waals surface area contributed by atoms with Crippen molar-refractivity contribution in [2.75, 3.05) is 5.32 Å². The van der Waals surface area contributed by atoms with E-state index in [-0.39, 0.29) is 11.3 Å². The summed E-state index contributed by atoms with van der Waals surface area (Å²) in [5.41, 5.74) is 0.816. The number of nitrogens with zero attached hydrogens (tertiary/aromatic N) is 2. The molecule has 6 nitrogen and oxygen atoms in total. The summed E-state index contributed by atoms with van der Waals surface area (Å²) in [4.78, 5) is 23.1. The van der Waals surface area contributed by atoms with E-state index in [1.807, 2.05) is 0 Å². The number of H-pyrrole nitrogens is 1. The maximum absolute atomic E-state index is 13.3. The number of anilines is 2. The maximum Gasteiger partial charge on any atom is 0.261 e. The van der Waals surface area contributed by atoms with E-state index in [1.54, 1.807) is 24.3 Å². The fraction of sp³-hybridized carbons (Fsp3) is 0. The zero-order valence-corrected chi connectivity index (χ0v) is 15.6.